The van der Waals surface area contributed by atoms with Gasteiger partial charge in [0.2, 0.25) is 0 Å². The summed E-state index contributed by atoms with van der Waals surface area (Å²) < 4.78 is 1.63. The van der Waals surface area contributed by atoms with Crippen molar-refractivity contribution in [3.8, 4) is 0 Å². The molecule has 0 aliphatic carbocycles. The largest absolute Gasteiger partial charge is 0.394 e. The van der Waals surface area contributed by atoms with E-state index < -0.39 is 6.04 Å². The van der Waals surface area contributed by atoms with Crippen molar-refractivity contribution in [1.82, 2.24) is 14.9 Å². The van der Waals surface area contributed by atoms with Crippen LogP contribution in [0.5, 0.6) is 0 Å². The van der Waals surface area contributed by atoms with Gasteiger partial charge in [-0.05, 0) is 5.56 Å². The van der Waals surface area contributed by atoms with E-state index in [9.17, 15) is 9.90 Å². The topological polar surface area (TPSA) is 67.2 Å². The van der Waals surface area contributed by atoms with Crippen LogP contribution in [-0.4, -0.2) is 27.2 Å². The fraction of sp³-hybridized carbons (Fsp3) is 0.231. The minimum absolute atomic E-state index is 0.145. The Kier molecular flexibility index (Phi) is 3.74. The average molecular weight is 245 g/mol. The summed E-state index contributed by atoms with van der Waals surface area (Å²) in [6, 6.07) is 8.95. The molecule has 0 aliphatic heterocycles. The molecule has 2 N–H and O–H groups in total. The summed E-state index contributed by atoms with van der Waals surface area (Å²) in [5.41, 5.74) is 1.33. The fourth-order valence-electron chi connectivity index (χ4n) is 1.73. The summed E-state index contributed by atoms with van der Waals surface area (Å²) in [5.74, 6) is -0.252. The Morgan fingerprint density at radius 1 is 1.44 bits per heavy atom. The van der Waals surface area contributed by atoms with E-state index in [4.69, 9.17) is 0 Å². The molecule has 2 aromatic rings. The molecule has 5 heteroatoms. The Morgan fingerprint density at radius 3 is 2.72 bits per heavy atom. The van der Waals surface area contributed by atoms with Crippen LogP contribution in [0.25, 0.3) is 0 Å². The van der Waals surface area contributed by atoms with E-state index in [1.54, 1.807) is 17.9 Å². The lowest BCUT2D eigenvalue weighted by molar-refractivity contribution is 0.0908. The molecule has 0 fully saturated rings. The van der Waals surface area contributed by atoms with Crippen molar-refractivity contribution in [3.63, 3.8) is 0 Å². The highest BCUT2D eigenvalue weighted by atomic mass is 16.3. The summed E-state index contributed by atoms with van der Waals surface area (Å²) in [6.45, 7) is -0.145. The number of rotatable bonds is 4. The number of imidazole rings is 1. The Hall–Kier alpha value is -2.14. The molecule has 0 radical (unpaired) electrons. The monoisotopic (exact) mass is 245 g/mol. The number of nitrogens with zero attached hydrogens (tertiary/aromatic N) is 2. The second kappa shape index (κ2) is 5.46. The van der Waals surface area contributed by atoms with Crippen LogP contribution in [0, 0.1) is 0 Å². The maximum atomic E-state index is 12.0. The zero-order valence-electron chi connectivity index (χ0n) is 10.1. The summed E-state index contributed by atoms with van der Waals surface area (Å²) in [6.07, 6.45) is 3.06. The number of aliphatic hydroxyl groups is 1. The lowest BCUT2D eigenvalue weighted by Gasteiger charge is -2.16. The molecule has 0 unspecified atom stereocenters. The maximum absolute atomic E-state index is 12.0. The van der Waals surface area contributed by atoms with Gasteiger partial charge in [-0.2, -0.15) is 0 Å². The maximum Gasteiger partial charge on any atom is 0.270 e. The Labute approximate surface area is 105 Å². The van der Waals surface area contributed by atoms with E-state index in [1.165, 1.54) is 6.20 Å². The van der Waals surface area contributed by atoms with Crippen LogP contribution in [0.15, 0.2) is 42.9 Å². The molecule has 0 aliphatic rings. The van der Waals surface area contributed by atoms with Gasteiger partial charge in [0.15, 0.2) is 0 Å². The van der Waals surface area contributed by atoms with E-state index in [2.05, 4.69) is 10.3 Å². The number of hydrogen-bond acceptors (Lipinski definition) is 3. The summed E-state index contributed by atoms with van der Waals surface area (Å²) in [7, 11) is 1.75. The van der Waals surface area contributed by atoms with Crippen molar-refractivity contribution in [3.05, 3.63) is 54.1 Å². The number of carbonyl (C=O) groups excluding carboxylic acids is 1. The first kappa shape index (κ1) is 12.3. The van der Waals surface area contributed by atoms with Gasteiger partial charge >= 0.3 is 0 Å². The van der Waals surface area contributed by atoms with E-state index in [1.807, 2.05) is 30.3 Å². The molecule has 0 bridgehead atoms. The predicted molar refractivity (Wildman–Crippen MR) is 66.9 cm³/mol. The molecule has 1 heterocycles. The highest BCUT2D eigenvalue weighted by Crippen LogP contribution is 2.12. The molecule has 1 aromatic heterocycles. The first-order valence-corrected chi connectivity index (χ1v) is 5.65. The lowest BCUT2D eigenvalue weighted by atomic mass is 10.1. The lowest BCUT2D eigenvalue weighted by Crippen LogP contribution is -2.31. The molecule has 1 amide bonds. The van der Waals surface area contributed by atoms with Gasteiger partial charge in [0.1, 0.15) is 5.69 Å². The quantitative estimate of drug-likeness (QED) is 0.840. The molecule has 0 saturated heterocycles. The third-order valence-electron chi connectivity index (χ3n) is 2.74. The number of carbonyl (C=O) groups is 1. The molecule has 0 spiro atoms. The normalized spacial score (nSPS) is 12.1. The summed E-state index contributed by atoms with van der Waals surface area (Å²) in [4.78, 5) is 15.9. The Bertz CT molecular complexity index is 522. The number of aliphatic hydroxyl groups excluding tert-OH is 1. The van der Waals surface area contributed by atoms with Gasteiger partial charge in [0.25, 0.3) is 5.91 Å². The molecule has 0 saturated carbocycles. The molecule has 94 valence electrons. The second-order valence-electron chi connectivity index (χ2n) is 4.01. The smallest absolute Gasteiger partial charge is 0.270 e. The molecule has 1 aromatic carbocycles. The van der Waals surface area contributed by atoms with Crippen LogP contribution in [0.2, 0.25) is 0 Å². The minimum atomic E-state index is -0.409. The number of benzene rings is 1. The standard InChI is InChI=1S/C13H15N3O2/c1-16-9-14-7-12(16)13(18)15-11(8-17)10-5-3-2-4-6-10/h2-7,9,11,17H,8H2,1H3,(H,15,18)/t11-/m0/s1. The van der Waals surface area contributed by atoms with Crippen LogP contribution in [0.4, 0.5) is 0 Å². The Balaban J connectivity index is 2.13. The first-order valence-electron chi connectivity index (χ1n) is 5.65. The molecule has 18 heavy (non-hydrogen) atoms. The van der Waals surface area contributed by atoms with Crippen LogP contribution in [-0.2, 0) is 7.05 Å². The van der Waals surface area contributed by atoms with Crippen molar-refractivity contribution in [2.24, 2.45) is 7.05 Å². The highest BCUT2D eigenvalue weighted by Gasteiger charge is 2.16. The van der Waals surface area contributed by atoms with Crippen LogP contribution in [0.3, 0.4) is 0 Å². The third kappa shape index (κ3) is 2.57. The van der Waals surface area contributed by atoms with Gasteiger partial charge < -0.3 is 15.0 Å². The van der Waals surface area contributed by atoms with E-state index in [0.717, 1.165) is 5.56 Å². The number of nitrogens with one attached hydrogen (secondary N) is 1. The third-order valence-corrected chi connectivity index (χ3v) is 2.74. The van der Waals surface area contributed by atoms with Gasteiger partial charge in [-0.25, -0.2) is 4.98 Å². The fourth-order valence-corrected chi connectivity index (χ4v) is 1.73. The van der Waals surface area contributed by atoms with Crippen molar-refractivity contribution in [2.75, 3.05) is 6.61 Å². The molecule has 1 atom stereocenters. The average Bonchev–Trinajstić information content (AvgIpc) is 2.83. The van der Waals surface area contributed by atoms with Crippen molar-refractivity contribution in [1.29, 1.82) is 0 Å². The van der Waals surface area contributed by atoms with Crippen molar-refractivity contribution in [2.45, 2.75) is 6.04 Å². The molecular weight excluding hydrogens is 230 g/mol. The van der Waals surface area contributed by atoms with Gasteiger partial charge in [-0.3, -0.25) is 4.79 Å². The second-order valence-corrected chi connectivity index (χ2v) is 4.01. The van der Waals surface area contributed by atoms with Gasteiger partial charge in [-0.15, -0.1) is 0 Å². The summed E-state index contributed by atoms with van der Waals surface area (Å²) >= 11 is 0. The molecule has 2 rings (SSSR count). The number of aromatic nitrogens is 2. The van der Waals surface area contributed by atoms with Gasteiger partial charge in [-0.1, -0.05) is 30.3 Å². The number of amides is 1. The predicted octanol–water partition coefficient (Wildman–Crippen LogP) is 0.883. The van der Waals surface area contributed by atoms with Gasteiger partial charge in [0, 0.05) is 7.05 Å². The van der Waals surface area contributed by atoms with Gasteiger partial charge in [0.05, 0.1) is 25.2 Å². The first-order chi connectivity index (χ1) is 8.72. The van der Waals surface area contributed by atoms with E-state index in [-0.39, 0.29) is 12.5 Å². The zero-order chi connectivity index (χ0) is 13.0. The number of hydrogen-bond donors (Lipinski definition) is 2. The minimum Gasteiger partial charge on any atom is -0.394 e. The van der Waals surface area contributed by atoms with Crippen LogP contribution in [0.1, 0.15) is 22.1 Å². The highest BCUT2D eigenvalue weighted by molar-refractivity contribution is 5.92. The SMILES string of the molecule is Cn1cncc1C(=O)N[C@@H](CO)c1ccccc1. The molecular formula is C13H15N3O2. The molecule has 5 nitrogen and oxygen atoms in total. The summed E-state index contributed by atoms with van der Waals surface area (Å²) in [5, 5.41) is 12.1. The van der Waals surface area contributed by atoms with E-state index >= 15 is 0 Å². The van der Waals surface area contributed by atoms with Crippen LogP contribution >= 0.6 is 0 Å². The van der Waals surface area contributed by atoms with E-state index in [0.29, 0.717) is 5.69 Å². The number of aryl methyl sites for hydroxylation is 1. The zero-order valence-corrected chi connectivity index (χ0v) is 10.1. The van der Waals surface area contributed by atoms with Crippen molar-refractivity contribution >= 4 is 5.91 Å². The Morgan fingerprint density at radius 2 is 2.17 bits per heavy atom. The van der Waals surface area contributed by atoms with Crippen LogP contribution < -0.4 is 5.32 Å². The van der Waals surface area contributed by atoms with Crippen molar-refractivity contribution < 1.29 is 9.90 Å².